The Bertz CT molecular complexity index is 391. The van der Waals surface area contributed by atoms with Crippen molar-refractivity contribution in [1.82, 2.24) is 0 Å². The molecule has 0 unspecified atom stereocenters. The first-order chi connectivity index (χ1) is 6.80. The topological polar surface area (TPSA) is 29.1 Å². The van der Waals surface area contributed by atoms with Gasteiger partial charge in [0.25, 0.3) is 0 Å². The molecular formula is C8H4ClF4NO. The summed E-state index contributed by atoms with van der Waals surface area (Å²) in [5.41, 5.74) is -0.418. The van der Waals surface area contributed by atoms with Gasteiger partial charge in [-0.2, -0.15) is 13.2 Å². The van der Waals surface area contributed by atoms with Crippen LogP contribution in [0.1, 0.15) is 0 Å². The molecule has 0 radical (unpaired) electrons. The van der Waals surface area contributed by atoms with Crippen LogP contribution in [-0.2, 0) is 4.79 Å². The van der Waals surface area contributed by atoms with Crippen molar-refractivity contribution >= 4 is 23.2 Å². The highest BCUT2D eigenvalue weighted by Crippen LogP contribution is 2.25. The summed E-state index contributed by atoms with van der Waals surface area (Å²) in [4.78, 5) is 10.5. The van der Waals surface area contributed by atoms with Gasteiger partial charge < -0.3 is 5.32 Å². The van der Waals surface area contributed by atoms with E-state index in [1.54, 1.807) is 0 Å². The molecule has 2 nitrogen and oxygen atoms in total. The maximum absolute atomic E-state index is 12.6. The first-order valence-electron chi connectivity index (χ1n) is 3.64. The van der Waals surface area contributed by atoms with Crippen molar-refractivity contribution in [3.8, 4) is 0 Å². The summed E-state index contributed by atoms with van der Waals surface area (Å²) in [6, 6.07) is 2.71. The molecule has 0 spiro atoms. The van der Waals surface area contributed by atoms with Crippen molar-refractivity contribution in [2.24, 2.45) is 0 Å². The van der Waals surface area contributed by atoms with Gasteiger partial charge in [-0.3, -0.25) is 4.79 Å². The number of hydrogen-bond donors (Lipinski definition) is 1. The predicted molar refractivity (Wildman–Crippen MR) is 46.1 cm³/mol. The van der Waals surface area contributed by atoms with Gasteiger partial charge in [0.05, 0.1) is 10.7 Å². The summed E-state index contributed by atoms with van der Waals surface area (Å²) in [6.45, 7) is 0. The second-order valence-electron chi connectivity index (χ2n) is 2.58. The third-order valence-electron chi connectivity index (χ3n) is 1.43. The van der Waals surface area contributed by atoms with Crippen molar-refractivity contribution in [2.75, 3.05) is 5.32 Å². The van der Waals surface area contributed by atoms with E-state index in [0.29, 0.717) is 6.07 Å². The Balaban J connectivity index is 2.90. The molecule has 1 N–H and O–H groups in total. The van der Waals surface area contributed by atoms with Crippen LogP contribution < -0.4 is 5.32 Å². The number of halogens is 5. The fourth-order valence-corrected chi connectivity index (χ4v) is 0.951. The Kier molecular flexibility index (Phi) is 3.18. The molecule has 0 fully saturated rings. The van der Waals surface area contributed by atoms with Crippen LogP contribution in [0.15, 0.2) is 18.2 Å². The molecule has 0 bridgehead atoms. The lowest BCUT2D eigenvalue weighted by Crippen LogP contribution is -2.30. The summed E-state index contributed by atoms with van der Waals surface area (Å²) >= 11 is 5.44. The van der Waals surface area contributed by atoms with Crippen molar-refractivity contribution in [3.63, 3.8) is 0 Å². The van der Waals surface area contributed by atoms with E-state index in [0.717, 1.165) is 12.1 Å². The zero-order chi connectivity index (χ0) is 11.6. The van der Waals surface area contributed by atoms with E-state index in [1.165, 1.54) is 5.32 Å². The Morgan fingerprint density at radius 1 is 1.33 bits per heavy atom. The number of benzene rings is 1. The van der Waals surface area contributed by atoms with Crippen molar-refractivity contribution in [3.05, 3.63) is 29.0 Å². The molecule has 0 saturated carbocycles. The number of hydrogen-bond acceptors (Lipinski definition) is 1. The molecule has 1 amide bonds. The third kappa shape index (κ3) is 3.09. The summed E-state index contributed by atoms with van der Waals surface area (Å²) in [7, 11) is 0. The van der Waals surface area contributed by atoms with Crippen LogP contribution in [0.25, 0.3) is 0 Å². The molecule has 15 heavy (non-hydrogen) atoms. The quantitative estimate of drug-likeness (QED) is 0.753. The maximum Gasteiger partial charge on any atom is 0.471 e. The Hall–Kier alpha value is -1.30. The number of rotatable bonds is 1. The molecule has 7 heteroatoms. The van der Waals surface area contributed by atoms with Crippen molar-refractivity contribution in [1.29, 1.82) is 0 Å². The highest BCUT2D eigenvalue weighted by atomic mass is 35.5. The third-order valence-corrected chi connectivity index (χ3v) is 1.76. The van der Waals surface area contributed by atoms with Gasteiger partial charge in [0.1, 0.15) is 5.82 Å². The molecule has 1 rings (SSSR count). The van der Waals surface area contributed by atoms with Crippen molar-refractivity contribution in [2.45, 2.75) is 6.18 Å². The van der Waals surface area contributed by atoms with Gasteiger partial charge >= 0.3 is 12.1 Å². The average molecular weight is 242 g/mol. The standard InChI is InChI=1S/C8H4ClF4NO/c9-5-2-1-4(10)3-6(5)14-7(15)8(11,12)13/h1-3H,(H,14,15). The minimum Gasteiger partial charge on any atom is -0.317 e. The molecule has 0 heterocycles. The van der Waals surface area contributed by atoms with E-state index in [9.17, 15) is 22.4 Å². The normalized spacial score (nSPS) is 11.3. The van der Waals surface area contributed by atoms with Crippen LogP contribution in [-0.4, -0.2) is 12.1 Å². The molecule has 0 saturated heterocycles. The molecule has 1 aromatic rings. The van der Waals surface area contributed by atoms with Crippen LogP contribution >= 0.6 is 11.6 Å². The van der Waals surface area contributed by atoms with Gasteiger partial charge in [-0.25, -0.2) is 4.39 Å². The molecule has 0 aliphatic rings. The van der Waals surface area contributed by atoms with E-state index in [-0.39, 0.29) is 5.02 Å². The predicted octanol–water partition coefficient (Wildman–Crippen LogP) is 2.98. The Morgan fingerprint density at radius 2 is 1.93 bits per heavy atom. The summed E-state index contributed by atoms with van der Waals surface area (Å²) in [5, 5.41) is 1.28. The SMILES string of the molecule is O=C(Nc1cc(F)ccc1Cl)C(F)(F)F. The largest absolute Gasteiger partial charge is 0.471 e. The highest BCUT2D eigenvalue weighted by molar-refractivity contribution is 6.33. The molecule has 82 valence electrons. The zero-order valence-corrected chi connectivity index (χ0v) is 7.79. The fourth-order valence-electron chi connectivity index (χ4n) is 0.786. The second kappa shape index (κ2) is 4.06. The van der Waals surface area contributed by atoms with E-state index < -0.39 is 23.6 Å². The molecule has 0 aliphatic carbocycles. The molecule has 0 atom stereocenters. The van der Waals surface area contributed by atoms with Crippen LogP contribution in [0.2, 0.25) is 5.02 Å². The molecule has 1 aromatic carbocycles. The first-order valence-corrected chi connectivity index (χ1v) is 4.02. The number of carbonyl (C=O) groups excluding carboxylic acids is 1. The Morgan fingerprint density at radius 3 is 2.47 bits per heavy atom. The number of amides is 1. The zero-order valence-electron chi connectivity index (χ0n) is 7.03. The van der Waals surface area contributed by atoms with E-state index in [4.69, 9.17) is 11.6 Å². The monoisotopic (exact) mass is 241 g/mol. The lowest BCUT2D eigenvalue weighted by atomic mass is 10.3. The number of alkyl halides is 3. The van der Waals surface area contributed by atoms with Gasteiger partial charge in [-0.15, -0.1) is 0 Å². The first kappa shape index (κ1) is 11.8. The fraction of sp³-hybridized carbons (Fsp3) is 0.125. The van der Waals surface area contributed by atoms with E-state index in [1.807, 2.05) is 0 Å². The lowest BCUT2D eigenvalue weighted by molar-refractivity contribution is -0.167. The van der Waals surface area contributed by atoms with Crippen LogP contribution in [0.3, 0.4) is 0 Å². The average Bonchev–Trinajstić information content (AvgIpc) is 2.09. The minimum absolute atomic E-state index is 0.172. The second-order valence-corrected chi connectivity index (χ2v) is 2.98. The van der Waals surface area contributed by atoms with Crippen LogP contribution in [0.5, 0.6) is 0 Å². The molecule has 0 aliphatic heterocycles. The van der Waals surface area contributed by atoms with Gasteiger partial charge in [0.15, 0.2) is 0 Å². The van der Waals surface area contributed by atoms with Crippen LogP contribution in [0.4, 0.5) is 23.2 Å². The number of anilines is 1. The summed E-state index contributed by atoms with van der Waals surface area (Å²) < 4.78 is 48.1. The van der Waals surface area contributed by atoms with Gasteiger partial charge in [0, 0.05) is 0 Å². The summed E-state index contributed by atoms with van der Waals surface area (Å²) in [5.74, 6) is -2.99. The number of carbonyl (C=O) groups is 1. The summed E-state index contributed by atoms with van der Waals surface area (Å²) in [6.07, 6.45) is -5.03. The highest BCUT2D eigenvalue weighted by Gasteiger charge is 2.38. The van der Waals surface area contributed by atoms with Crippen LogP contribution in [0, 0.1) is 5.82 Å². The number of nitrogens with one attached hydrogen (secondary N) is 1. The van der Waals surface area contributed by atoms with Crippen molar-refractivity contribution < 1.29 is 22.4 Å². The van der Waals surface area contributed by atoms with E-state index >= 15 is 0 Å². The lowest BCUT2D eigenvalue weighted by Gasteiger charge is -2.09. The minimum atomic E-state index is -5.03. The molecular weight excluding hydrogens is 238 g/mol. The van der Waals surface area contributed by atoms with Gasteiger partial charge in [0.2, 0.25) is 0 Å². The smallest absolute Gasteiger partial charge is 0.317 e. The Labute approximate surface area is 86.8 Å². The molecule has 0 aromatic heterocycles. The maximum atomic E-state index is 12.6. The van der Waals surface area contributed by atoms with E-state index in [2.05, 4.69) is 0 Å². The van der Waals surface area contributed by atoms with Gasteiger partial charge in [-0.05, 0) is 18.2 Å². The van der Waals surface area contributed by atoms with Gasteiger partial charge in [-0.1, -0.05) is 11.6 Å².